The van der Waals surface area contributed by atoms with Gasteiger partial charge in [0.2, 0.25) is 6.29 Å². The van der Waals surface area contributed by atoms with E-state index in [2.05, 4.69) is 0 Å². The summed E-state index contributed by atoms with van der Waals surface area (Å²) in [6, 6.07) is 9.36. The van der Waals surface area contributed by atoms with Gasteiger partial charge in [0.05, 0.1) is 12.9 Å². The van der Waals surface area contributed by atoms with Gasteiger partial charge >= 0.3 is 0 Å². The zero-order valence-corrected chi connectivity index (χ0v) is 10.7. The SMILES string of the molecule is OC[C@H]1O[C@@H](OC=Cc2ccccc2)[C@H](O)[C@@H](O)[C@@H]1O. The highest BCUT2D eigenvalue weighted by atomic mass is 16.7. The third-order valence-electron chi connectivity index (χ3n) is 3.12. The van der Waals surface area contributed by atoms with Gasteiger partial charge in [-0.1, -0.05) is 30.3 Å². The number of aliphatic hydroxyl groups is 4. The molecule has 0 bridgehead atoms. The molecule has 1 fully saturated rings. The van der Waals surface area contributed by atoms with E-state index >= 15 is 0 Å². The maximum absolute atomic E-state index is 9.74. The molecule has 0 amide bonds. The number of hydrogen-bond donors (Lipinski definition) is 4. The minimum absolute atomic E-state index is 0.479. The van der Waals surface area contributed by atoms with Crippen molar-refractivity contribution in [3.63, 3.8) is 0 Å². The second kappa shape index (κ2) is 6.83. The van der Waals surface area contributed by atoms with Crippen molar-refractivity contribution in [2.45, 2.75) is 30.7 Å². The van der Waals surface area contributed by atoms with Crippen LogP contribution in [0.25, 0.3) is 6.08 Å². The summed E-state index contributed by atoms with van der Waals surface area (Å²) >= 11 is 0. The van der Waals surface area contributed by atoms with E-state index in [0.29, 0.717) is 0 Å². The zero-order valence-electron chi connectivity index (χ0n) is 10.7. The summed E-state index contributed by atoms with van der Waals surface area (Å²) in [6.45, 7) is -0.479. The first kappa shape index (κ1) is 15.0. The lowest BCUT2D eigenvalue weighted by molar-refractivity contribution is -0.287. The average molecular weight is 282 g/mol. The van der Waals surface area contributed by atoms with Gasteiger partial charge in [-0.15, -0.1) is 0 Å². The first-order valence-corrected chi connectivity index (χ1v) is 6.31. The molecule has 1 saturated heterocycles. The van der Waals surface area contributed by atoms with E-state index < -0.39 is 37.3 Å². The van der Waals surface area contributed by atoms with Crippen molar-refractivity contribution < 1.29 is 29.9 Å². The summed E-state index contributed by atoms with van der Waals surface area (Å²) in [7, 11) is 0. The number of aliphatic hydroxyl groups excluding tert-OH is 4. The molecule has 4 N–H and O–H groups in total. The largest absolute Gasteiger partial charge is 0.470 e. The Morgan fingerprint density at radius 2 is 1.75 bits per heavy atom. The lowest BCUT2D eigenvalue weighted by atomic mass is 9.99. The summed E-state index contributed by atoms with van der Waals surface area (Å²) in [5, 5.41) is 38.0. The van der Waals surface area contributed by atoms with Crippen molar-refractivity contribution in [3.05, 3.63) is 42.2 Å². The lowest BCUT2D eigenvalue weighted by Crippen LogP contribution is -2.58. The maximum atomic E-state index is 9.74. The number of hydrogen-bond acceptors (Lipinski definition) is 6. The molecule has 20 heavy (non-hydrogen) atoms. The van der Waals surface area contributed by atoms with Gasteiger partial charge in [-0.05, 0) is 11.6 Å². The molecule has 1 aromatic carbocycles. The molecule has 1 heterocycles. The van der Waals surface area contributed by atoms with Gasteiger partial charge < -0.3 is 29.9 Å². The molecule has 6 nitrogen and oxygen atoms in total. The van der Waals surface area contributed by atoms with Crippen molar-refractivity contribution in [2.24, 2.45) is 0 Å². The zero-order chi connectivity index (χ0) is 14.5. The Morgan fingerprint density at radius 3 is 2.40 bits per heavy atom. The van der Waals surface area contributed by atoms with Crippen LogP contribution in [0, 0.1) is 0 Å². The Kier molecular flexibility index (Phi) is 5.11. The fraction of sp³-hybridized carbons (Fsp3) is 0.429. The van der Waals surface area contributed by atoms with Crippen LogP contribution in [0.4, 0.5) is 0 Å². The fourth-order valence-electron chi connectivity index (χ4n) is 1.94. The maximum Gasteiger partial charge on any atom is 0.228 e. The summed E-state index contributed by atoms with van der Waals surface area (Å²) in [5.74, 6) is 0. The summed E-state index contributed by atoms with van der Waals surface area (Å²) in [5.41, 5.74) is 0.900. The van der Waals surface area contributed by atoms with Gasteiger partial charge in [-0.25, -0.2) is 0 Å². The van der Waals surface area contributed by atoms with Crippen LogP contribution in [0.15, 0.2) is 36.6 Å². The van der Waals surface area contributed by atoms with Gasteiger partial charge in [0.25, 0.3) is 0 Å². The Hall–Kier alpha value is -1.44. The minimum Gasteiger partial charge on any atom is -0.470 e. The highest BCUT2D eigenvalue weighted by Gasteiger charge is 2.44. The van der Waals surface area contributed by atoms with Crippen molar-refractivity contribution in [2.75, 3.05) is 6.61 Å². The minimum atomic E-state index is -1.43. The molecule has 1 aromatic rings. The van der Waals surface area contributed by atoms with E-state index in [-0.39, 0.29) is 0 Å². The molecule has 1 aliphatic heterocycles. The lowest BCUT2D eigenvalue weighted by Gasteiger charge is -2.39. The predicted octanol–water partition coefficient (Wildman–Crippen LogP) is -0.526. The van der Waals surface area contributed by atoms with Crippen LogP contribution in [-0.2, 0) is 9.47 Å². The Balaban J connectivity index is 1.96. The topological polar surface area (TPSA) is 99.4 Å². The highest BCUT2D eigenvalue weighted by molar-refractivity contribution is 5.47. The third-order valence-corrected chi connectivity index (χ3v) is 3.12. The van der Waals surface area contributed by atoms with Crippen LogP contribution in [0.5, 0.6) is 0 Å². The average Bonchev–Trinajstić information content (AvgIpc) is 2.48. The van der Waals surface area contributed by atoms with Crippen LogP contribution in [0.2, 0.25) is 0 Å². The Bertz CT molecular complexity index is 433. The molecule has 0 radical (unpaired) electrons. The quantitative estimate of drug-likeness (QED) is 0.554. The van der Waals surface area contributed by atoms with Gasteiger partial charge in [0.15, 0.2) is 0 Å². The molecule has 5 atom stereocenters. The van der Waals surface area contributed by atoms with Gasteiger partial charge in [0, 0.05) is 0 Å². The molecule has 0 spiro atoms. The van der Waals surface area contributed by atoms with Crippen LogP contribution >= 0.6 is 0 Å². The second-order valence-corrected chi connectivity index (χ2v) is 4.55. The highest BCUT2D eigenvalue weighted by Crippen LogP contribution is 2.22. The molecule has 1 aliphatic rings. The smallest absolute Gasteiger partial charge is 0.228 e. The van der Waals surface area contributed by atoms with E-state index in [4.69, 9.17) is 14.6 Å². The van der Waals surface area contributed by atoms with Crippen LogP contribution in [0.3, 0.4) is 0 Å². The van der Waals surface area contributed by atoms with Gasteiger partial charge in [-0.2, -0.15) is 0 Å². The van der Waals surface area contributed by atoms with E-state index in [9.17, 15) is 15.3 Å². The van der Waals surface area contributed by atoms with Crippen molar-refractivity contribution in [1.82, 2.24) is 0 Å². The van der Waals surface area contributed by atoms with Crippen LogP contribution in [-0.4, -0.2) is 57.7 Å². The van der Waals surface area contributed by atoms with Crippen molar-refractivity contribution >= 4 is 6.08 Å². The van der Waals surface area contributed by atoms with Crippen molar-refractivity contribution in [1.29, 1.82) is 0 Å². The van der Waals surface area contributed by atoms with Crippen LogP contribution < -0.4 is 0 Å². The Morgan fingerprint density at radius 1 is 1.05 bits per heavy atom. The normalized spacial score (nSPS) is 34.3. The molecule has 110 valence electrons. The second-order valence-electron chi connectivity index (χ2n) is 4.55. The monoisotopic (exact) mass is 282 g/mol. The van der Waals surface area contributed by atoms with E-state index in [1.807, 2.05) is 30.3 Å². The molecule has 0 unspecified atom stereocenters. The standard InChI is InChI=1S/C14H18O6/c15-8-10-11(16)12(17)13(18)14(20-10)19-7-6-9-4-2-1-3-5-9/h1-7,10-18H,8H2/t10-,11-,12+,13-,14-/m1/s1. The molecule has 6 heteroatoms. The van der Waals surface area contributed by atoms with Gasteiger partial charge in [-0.3, -0.25) is 0 Å². The number of rotatable bonds is 4. The predicted molar refractivity (Wildman–Crippen MR) is 70.3 cm³/mol. The molecular weight excluding hydrogens is 264 g/mol. The summed E-state index contributed by atoms with van der Waals surface area (Å²) < 4.78 is 10.4. The Labute approximate surface area is 116 Å². The molecule has 2 rings (SSSR count). The number of benzene rings is 1. The summed E-state index contributed by atoms with van der Waals surface area (Å²) in [4.78, 5) is 0. The molecular formula is C14H18O6. The summed E-state index contributed by atoms with van der Waals surface area (Å²) in [6.07, 6.45) is -3.32. The van der Waals surface area contributed by atoms with E-state index in [1.165, 1.54) is 6.26 Å². The van der Waals surface area contributed by atoms with Gasteiger partial charge in [0.1, 0.15) is 24.4 Å². The van der Waals surface area contributed by atoms with Crippen molar-refractivity contribution in [3.8, 4) is 0 Å². The number of ether oxygens (including phenoxy) is 2. The van der Waals surface area contributed by atoms with E-state index in [0.717, 1.165) is 5.56 Å². The first-order valence-electron chi connectivity index (χ1n) is 6.31. The van der Waals surface area contributed by atoms with E-state index in [1.54, 1.807) is 6.08 Å². The third kappa shape index (κ3) is 3.36. The first-order chi connectivity index (χ1) is 9.63. The fourth-order valence-corrected chi connectivity index (χ4v) is 1.94. The molecule has 0 aromatic heterocycles. The molecule has 0 saturated carbocycles. The van der Waals surface area contributed by atoms with Crippen LogP contribution in [0.1, 0.15) is 5.56 Å². The molecule has 0 aliphatic carbocycles.